The Kier molecular flexibility index (Phi) is 3.15. The van der Waals surface area contributed by atoms with Crippen molar-refractivity contribution in [1.82, 2.24) is 0 Å². The molecule has 4 rings (SSSR count). The predicted octanol–water partition coefficient (Wildman–Crippen LogP) is 4.32. The fraction of sp³-hybridized carbons (Fsp3) is 0.200. The first kappa shape index (κ1) is 13.9. The maximum Gasteiger partial charge on any atom is 0.139 e. The van der Waals surface area contributed by atoms with Gasteiger partial charge in [0, 0.05) is 16.8 Å². The monoisotopic (exact) mass is 304 g/mol. The summed E-state index contributed by atoms with van der Waals surface area (Å²) in [6.07, 6.45) is 3.09. The standard InChI is InChI=1S/C20H20N2O/c1-13-7-6-11-17-19(13)20(21)14-8-2-3-9-15(14)22(17)16-10-4-5-12-18(16)23/h2-5,8-10,12,17,23H,1,6-7,11,21H2. The molecule has 3 N–H and O–H groups in total. The lowest BCUT2D eigenvalue weighted by Crippen LogP contribution is -2.40. The Bertz CT molecular complexity index is 822. The van der Waals surface area contributed by atoms with Crippen LogP contribution >= 0.6 is 0 Å². The zero-order chi connectivity index (χ0) is 16.0. The van der Waals surface area contributed by atoms with Crippen molar-refractivity contribution in [2.45, 2.75) is 25.3 Å². The van der Waals surface area contributed by atoms with Crippen LogP contribution in [0, 0.1) is 0 Å². The number of phenolic OH excluding ortho intramolecular Hbond substituents is 1. The van der Waals surface area contributed by atoms with Crippen LogP contribution in [0.1, 0.15) is 24.8 Å². The zero-order valence-corrected chi connectivity index (χ0v) is 13.0. The van der Waals surface area contributed by atoms with E-state index in [1.54, 1.807) is 6.07 Å². The molecule has 1 unspecified atom stereocenters. The Morgan fingerprint density at radius 3 is 2.52 bits per heavy atom. The minimum Gasteiger partial charge on any atom is -0.506 e. The highest BCUT2D eigenvalue weighted by Crippen LogP contribution is 2.48. The van der Waals surface area contributed by atoms with Crippen LogP contribution in [0.2, 0.25) is 0 Å². The normalized spacial score (nSPS) is 20.3. The van der Waals surface area contributed by atoms with Gasteiger partial charge in [0.1, 0.15) is 5.75 Å². The molecular formula is C20H20N2O. The second-order valence-corrected chi connectivity index (χ2v) is 6.21. The maximum atomic E-state index is 10.4. The molecule has 0 radical (unpaired) electrons. The van der Waals surface area contributed by atoms with Gasteiger partial charge >= 0.3 is 0 Å². The lowest BCUT2D eigenvalue weighted by molar-refractivity contribution is 0.472. The Hall–Kier alpha value is -2.68. The Morgan fingerprint density at radius 2 is 1.74 bits per heavy atom. The van der Waals surface area contributed by atoms with E-state index in [4.69, 9.17) is 5.73 Å². The van der Waals surface area contributed by atoms with Crippen LogP contribution in [0.15, 0.2) is 66.3 Å². The van der Waals surface area contributed by atoms with Crippen LogP contribution in [0.25, 0.3) is 5.70 Å². The molecule has 1 fully saturated rings. The Balaban J connectivity index is 1.99. The zero-order valence-electron chi connectivity index (χ0n) is 13.0. The average Bonchev–Trinajstić information content (AvgIpc) is 2.57. The number of phenols is 1. The summed E-state index contributed by atoms with van der Waals surface area (Å²) in [5.74, 6) is 0.290. The Morgan fingerprint density at radius 1 is 1.04 bits per heavy atom. The van der Waals surface area contributed by atoms with E-state index >= 15 is 0 Å². The van der Waals surface area contributed by atoms with Gasteiger partial charge in [-0.3, -0.25) is 0 Å². The van der Waals surface area contributed by atoms with Crippen LogP contribution in [-0.2, 0) is 0 Å². The first-order valence-corrected chi connectivity index (χ1v) is 8.03. The highest BCUT2D eigenvalue weighted by molar-refractivity contribution is 5.89. The molecule has 0 spiro atoms. The van der Waals surface area contributed by atoms with Crippen LogP contribution in [0.5, 0.6) is 5.75 Å². The van der Waals surface area contributed by atoms with Crippen LogP contribution in [0.3, 0.4) is 0 Å². The summed E-state index contributed by atoms with van der Waals surface area (Å²) in [5, 5.41) is 10.4. The van der Waals surface area contributed by atoms with E-state index in [0.29, 0.717) is 5.75 Å². The smallest absolute Gasteiger partial charge is 0.139 e. The van der Waals surface area contributed by atoms with Gasteiger partial charge in [0.15, 0.2) is 0 Å². The number of rotatable bonds is 1. The number of hydrogen-bond acceptors (Lipinski definition) is 3. The van der Waals surface area contributed by atoms with E-state index in [1.807, 2.05) is 36.4 Å². The lowest BCUT2D eigenvalue weighted by atomic mass is 9.79. The Labute approximate surface area is 136 Å². The molecule has 1 aliphatic carbocycles. The molecule has 3 heteroatoms. The minimum absolute atomic E-state index is 0.138. The first-order chi connectivity index (χ1) is 11.2. The van der Waals surface area contributed by atoms with Gasteiger partial charge in [0.2, 0.25) is 0 Å². The summed E-state index contributed by atoms with van der Waals surface area (Å²) in [5.41, 5.74) is 12.5. The van der Waals surface area contributed by atoms with Crippen molar-refractivity contribution in [3.05, 3.63) is 71.8 Å². The molecule has 116 valence electrons. The third kappa shape index (κ3) is 2.04. The SMILES string of the molecule is C=C1CCCC2C1=C(N)c1ccccc1N2c1ccccc1O. The van der Waals surface area contributed by atoms with E-state index in [9.17, 15) is 5.11 Å². The van der Waals surface area contributed by atoms with Gasteiger partial charge in [-0.1, -0.05) is 36.9 Å². The lowest BCUT2D eigenvalue weighted by Gasteiger charge is -2.43. The number of para-hydroxylation sites is 3. The summed E-state index contributed by atoms with van der Waals surface area (Å²) in [6.45, 7) is 4.25. The van der Waals surface area contributed by atoms with Crippen molar-refractivity contribution in [2.24, 2.45) is 5.73 Å². The molecule has 1 aliphatic heterocycles. The molecule has 2 aromatic carbocycles. The number of nitrogens with zero attached hydrogens (tertiary/aromatic N) is 1. The minimum atomic E-state index is 0.138. The highest BCUT2D eigenvalue weighted by atomic mass is 16.3. The molecule has 0 aromatic heterocycles. The van der Waals surface area contributed by atoms with Crippen LogP contribution < -0.4 is 10.6 Å². The molecule has 0 bridgehead atoms. The van der Waals surface area contributed by atoms with Gasteiger partial charge in [-0.2, -0.15) is 0 Å². The van der Waals surface area contributed by atoms with Gasteiger partial charge in [-0.25, -0.2) is 0 Å². The molecule has 2 aromatic rings. The van der Waals surface area contributed by atoms with Gasteiger partial charge < -0.3 is 15.7 Å². The van der Waals surface area contributed by atoms with Crippen LogP contribution in [0.4, 0.5) is 11.4 Å². The molecule has 3 nitrogen and oxygen atoms in total. The van der Waals surface area contributed by atoms with E-state index in [2.05, 4.69) is 17.5 Å². The van der Waals surface area contributed by atoms with Gasteiger partial charge in [-0.15, -0.1) is 0 Å². The summed E-state index contributed by atoms with van der Waals surface area (Å²) >= 11 is 0. The number of nitrogens with two attached hydrogens (primary N) is 1. The summed E-state index contributed by atoms with van der Waals surface area (Å²) < 4.78 is 0. The summed E-state index contributed by atoms with van der Waals surface area (Å²) in [6, 6.07) is 15.8. The van der Waals surface area contributed by atoms with E-state index in [1.165, 1.54) is 0 Å². The van der Waals surface area contributed by atoms with E-state index in [0.717, 1.165) is 53.0 Å². The molecule has 0 saturated heterocycles. The van der Waals surface area contributed by atoms with E-state index < -0.39 is 0 Å². The first-order valence-electron chi connectivity index (χ1n) is 8.03. The van der Waals surface area contributed by atoms with Crippen molar-refractivity contribution in [3.8, 4) is 5.75 Å². The quantitative estimate of drug-likeness (QED) is 0.825. The summed E-state index contributed by atoms with van der Waals surface area (Å²) in [4.78, 5) is 2.22. The maximum absolute atomic E-state index is 10.4. The van der Waals surface area contributed by atoms with Crippen molar-refractivity contribution in [1.29, 1.82) is 0 Å². The third-order valence-electron chi connectivity index (χ3n) is 4.87. The predicted molar refractivity (Wildman–Crippen MR) is 94.6 cm³/mol. The largest absolute Gasteiger partial charge is 0.506 e. The number of anilines is 2. The van der Waals surface area contributed by atoms with Gasteiger partial charge in [0.05, 0.1) is 17.4 Å². The second-order valence-electron chi connectivity index (χ2n) is 6.21. The highest BCUT2D eigenvalue weighted by Gasteiger charge is 2.36. The molecular weight excluding hydrogens is 284 g/mol. The number of aromatic hydroxyl groups is 1. The third-order valence-corrected chi connectivity index (χ3v) is 4.87. The summed E-state index contributed by atoms with van der Waals surface area (Å²) in [7, 11) is 0. The molecule has 2 aliphatic rings. The van der Waals surface area contributed by atoms with Crippen molar-refractivity contribution in [2.75, 3.05) is 4.90 Å². The molecule has 23 heavy (non-hydrogen) atoms. The molecule has 1 saturated carbocycles. The fourth-order valence-electron chi connectivity index (χ4n) is 3.84. The number of hydrogen-bond donors (Lipinski definition) is 2. The van der Waals surface area contributed by atoms with Gasteiger partial charge in [-0.05, 0) is 43.0 Å². The van der Waals surface area contributed by atoms with Gasteiger partial charge in [0.25, 0.3) is 0 Å². The van der Waals surface area contributed by atoms with Crippen molar-refractivity contribution < 1.29 is 5.11 Å². The number of fused-ring (bicyclic) bond motifs is 2. The van der Waals surface area contributed by atoms with E-state index in [-0.39, 0.29) is 6.04 Å². The fourth-order valence-corrected chi connectivity index (χ4v) is 3.84. The topological polar surface area (TPSA) is 49.5 Å². The second kappa shape index (κ2) is 5.20. The molecule has 1 heterocycles. The van der Waals surface area contributed by atoms with Crippen molar-refractivity contribution in [3.63, 3.8) is 0 Å². The van der Waals surface area contributed by atoms with Crippen LogP contribution in [-0.4, -0.2) is 11.1 Å². The molecule has 0 amide bonds. The molecule has 1 atom stereocenters. The van der Waals surface area contributed by atoms with Crippen molar-refractivity contribution >= 4 is 17.1 Å². The number of benzene rings is 2. The average molecular weight is 304 g/mol.